The highest BCUT2D eigenvalue weighted by Crippen LogP contribution is 2.44. The van der Waals surface area contributed by atoms with E-state index >= 15 is 0 Å². The number of aliphatic carboxylic acids is 1. The molecule has 9 nitrogen and oxygen atoms in total. The normalized spacial score (nSPS) is 13.0. The molecule has 9 heteroatoms. The molecule has 4 rings (SSSR count). The Hall–Kier alpha value is -4.14. The first-order chi connectivity index (χ1) is 16.4. The number of fused-ring (bicyclic) bond motifs is 3. The number of alkyl carbamates (subject to hydrolysis) is 1. The molecule has 3 N–H and O–H groups in total. The number of carboxylic acids is 1. The number of carbonyl (C=O) groups is 3. The van der Waals surface area contributed by atoms with Gasteiger partial charge in [-0.2, -0.15) is 0 Å². The minimum atomic E-state index is -1.25. The quantitative estimate of drug-likeness (QED) is 0.449. The zero-order valence-electron chi connectivity index (χ0n) is 18.7. The summed E-state index contributed by atoms with van der Waals surface area (Å²) in [6, 6.07) is 14.6. The highest BCUT2D eigenvalue weighted by atomic mass is 16.5. The van der Waals surface area contributed by atoms with E-state index in [1.54, 1.807) is 12.4 Å². The van der Waals surface area contributed by atoms with Gasteiger partial charge in [-0.25, -0.2) is 9.78 Å². The van der Waals surface area contributed by atoms with E-state index in [2.05, 4.69) is 15.6 Å². The van der Waals surface area contributed by atoms with Crippen LogP contribution in [0.5, 0.6) is 0 Å². The molecule has 0 radical (unpaired) electrons. The summed E-state index contributed by atoms with van der Waals surface area (Å²) in [6.45, 7) is 2.65. The number of carbonyl (C=O) groups excluding carboxylic acids is 2. The van der Waals surface area contributed by atoms with Crippen molar-refractivity contribution < 1.29 is 24.2 Å². The van der Waals surface area contributed by atoms with E-state index in [0.29, 0.717) is 6.54 Å². The molecule has 1 heterocycles. The largest absolute Gasteiger partial charge is 0.481 e. The van der Waals surface area contributed by atoms with Gasteiger partial charge in [-0.15, -0.1) is 0 Å². The van der Waals surface area contributed by atoms with Crippen LogP contribution in [-0.4, -0.2) is 51.8 Å². The Kier molecular flexibility index (Phi) is 6.91. The van der Waals surface area contributed by atoms with Crippen LogP contribution in [0.25, 0.3) is 11.1 Å². The third kappa shape index (κ3) is 5.09. The van der Waals surface area contributed by atoms with Crippen molar-refractivity contribution in [3.8, 4) is 11.1 Å². The molecule has 1 unspecified atom stereocenters. The topological polar surface area (TPSA) is 123 Å². The molecule has 1 aromatic heterocycles. The maximum atomic E-state index is 12.5. The fourth-order valence-electron chi connectivity index (χ4n) is 4.23. The molecule has 0 bridgehead atoms. The van der Waals surface area contributed by atoms with Crippen molar-refractivity contribution in [3.63, 3.8) is 0 Å². The number of carboxylic acid groups (broad SMARTS) is 1. The molecule has 176 valence electrons. The number of nitrogens with one attached hydrogen (secondary N) is 2. The van der Waals surface area contributed by atoms with Crippen LogP contribution >= 0.6 is 0 Å². The Labute approximate surface area is 196 Å². The maximum Gasteiger partial charge on any atom is 0.407 e. The number of aromatic nitrogens is 2. The van der Waals surface area contributed by atoms with Gasteiger partial charge >= 0.3 is 12.1 Å². The second kappa shape index (κ2) is 10.2. The first-order valence-electron chi connectivity index (χ1n) is 11.0. The van der Waals surface area contributed by atoms with E-state index < -0.39 is 30.4 Å². The third-order valence-electron chi connectivity index (χ3n) is 5.91. The molecule has 34 heavy (non-hydrogen) atoms. The van der Waals surface area contributed by atoms with E-state index in [1.165, 1.54) is 0 Å². The fourth-order valence-corrected chi connectivity index (χ4v) is 4.23. The number of hydrogen-bond donors (Lipinski definition) is 3. The fraction of sp³-hybridized carbons (Fsp3) is 0.280. The summed E-state index contributed by atoms with van der Waals surface area (Å²) < 4.78 is 7.30. The summed E-state index contributed by atoms with van der Waals surface area (Å²) in [7, 11) is 0. The molecular formula is C25H26N4O5. The van der Waals surface area contributed by atoms with E-state index in [9.17, 15) is 19.5 Å². The van der Waals surface area contributed by atoms with Crippen LogP contribution in [0.1, 0.15) is 29.3 Å². The third-order valence-corrected chi connectivity index (χ3v) is 5.91. The van der Waals surface area contributed by atoms with Crippen molar-refractivity contribution in [1.29, 1.82) is 0 Å². The van der Waals surface area contributed by atoms with Crippen molar-refractivity contribution in [2.24, 2.45) is 0 Å². The molecule has 3 aromatic rings. The minimum Gasteiger partial charge on any atom is -0.481 e. The van der Waals surface area contributed by atoms with Crippen molar-refractivity contribution in [2.45, 2.75) is 31.8 Å². The van der Waals surface area contributed by atoms with Gasteiger partial charge < -0.3 is 25.0 Å². The van der Waals surface area contributed by atoms with Crippen LogP contribution in [0, 0.1) is 6.92 Å². The lowest BCUT2D eigenvalue weighted by molar-refractivity contribution is -0.139. The smallest absolute Gasteiger partial charge is 0.407 e. The molecule has 2 amide bonds. The lowest BCUT2D eigenvalue weighted by Gasteiger charge is -2.19. The van der Waals surface area contributed by atoms with Gasteiger partial charge in [-0.1, -0.05) is 48.5 Å². The number of imidazole rings is 1. The molecule has 0 fully saturated rings. The van der Waals surface area contributed by atoms with Crippen LogP contribution < -0.4 is 10.6 Å². The van der Waals surface area contributed by atoms with Crippen LogP contribution in [0.4, 0.5) is 4.79 Å². The molecule has 1 aliphatic rings. The number of hydrogen-bond acceptors (Lipinski definition) is 5. The van der Waals surface area contributed by atoms with E-state index in [4.69, 9.17) is 4.74 Å². The number of amides is 2. The SMILES string of the molecule is Cc1nccn1CCNC(=O)C(CC(=O)O)NC(=O)OCC1c2ccccc2-c2ccccc21. The van der Waals surface area contributed by atoms with Crippen molar-refractivity contribution in [3.05, 3.63) is 77.9 Å². The van der Waals surface area contributed by atoms with Crippen LogP contribution in [0.2, 0.25) is 0 Å². The molecule has 1 atom stereocenters. The Bertz CT molecular complexity index is 1160. The zero-order valence-corrected chi connectivity index (χ0v) is 18.7. The number of benzene rings is 2. The number of ether oxygens (including phenoxy) is 1. The summed E-state index contributed by atoms with van der Waals surface area (Å²) >= 11 is 0. The molecular weight excluding hydrogens is 436 g/mol. The molecule has 2 aromatic carbocycles. The Balaban J connectivity index is 1.35. The van der Waals surface area contributed by atoms with Crippen LogP contribution in [0.15, 0.2) is 60.9 Å². The van der Waals surface area contributed by atoms with Gasteiger partial charge in [0.05, 0.1) is 6.42 Å². The highest BCUT2D eigenvalue weighted by molar-refractivity contribution is 5.89. The van der Waals surface area contributed by atoms with E-state index in [0.717, 1.165) is 28.1 Å². The van der Waals surface area contributed by atoms with Crippen molar-refractivity contribution in [1.82, 2.24) is 20.2 Å². The molecule has 0 spiro atoms. The van der Waals surface area contributed by atoms with Crippen LogP contribution in [0.3, 0.4) is 0 Å². The molecule has 0 aliphatic heterocycles. The molecule has 1 aliphatic carbocycles. The van der Waals surface area contributed by atoms with Gasteiger partial charge in [0, 0.05) is 31.4 Å². The average molecular weight is 463 g/mol. The van der Waals surface area contributed by atoms with Gasteiger partial charge in [0.25, 0.3) is 0 Å². The average Bonchev–Trinajstić information content (AvgIpc) is 3.37. The monoisotopic (exact) mass is 462 g/mol. The van der Waals surface area contributed by atoms with Gasteiger partial charge in [0.15, 0.2) is 0 Å². The standard InChI is InChI=1S/C25H26N4O5/c1-16-26-10-12-29(16)13-11-27-24(32)22(14-23(30)31)28-25(33)34-15-21-19-8-4-2-6-17(19)18-7-3-5-9-20(18)21/h2-10,12,21-22H,11,13-15H2,1H3,(H,27,32)(H,28,33)(H,30,31). The summed E-state index contributed by atoms with van der Waals surface area (Å²) in [5.41, 5.74) is 4.32. The first kappa shape index (κ1) is 23.0. The second-order valence-corrected chi connectivity index (χ2v) is 8.08. The highest BCUT2D eigenvalue weighted by Gasteiger charge is 2.30. The van der Waals surface area contributed by atoms with E-state index in [1.807, 2.05) is 60.0 Å². The molecule has 0 saturated heterocycles. The lowest BCUT2D eigenvalue weighted by atomic mass is 9.98. The summed E-state index contributed by atoms with van der Waals surface area (Å²) in [5.74, 6) is -1.13. The summed E-state index contributed by atoms with van der Waals surface area (Å²) in [6.07, 6.45) is 2.04. The first-order valence-corrected chi connectivity index (χ1v) is 11.0. The van der Waals surface area contributed by atoms with Crippen LogP contribution in [-0.2, 0) is 20.9 Å². The number of rotatable bonds is 9. The van der Waals surface area contributed by atoms with Gasteiger partial charge in [-0.05, 0) is 29.2 Å². The Morgan fingerprint density at radius 3 is 2.32 bits per heavy atom. The van der Waals surface area contributed by atoms with Gasteiger partial charge in [0.2, 0.25) is 5.91 Å². The predicted octanol–water partition coefficient (Wildman–Crippen LogP) is 2.69. The van der Waals surface area contributed by atoms with Gasteiger partial charge in [-0.3, -0.25) is 9.59 Å². The number of nitrogens with zero attached hydrogens (tertiary/aromatic N) is 2. The van der Waals surface area contributed by atoms with E-state index in [-0.39, 0.29) is 19.1 Å². The van der Waals surface area contributed by atoms with Gasteiger partial charge in [0.1, 0.15) is 18.5 Å². The Morgan fingerprint density at radius 1 is 1.09 bits per heavy atom. The second-order valence-electron chi connectivity index (χ2n) is 8.08. The maximum absolute atomic E-state index is 12.5. The lowest BCUT2D eigenvalue weighted by Crippen LogP contribution is -2.48. The van der Waals surface area contributed by atoms with Crippen molar-refractivity contribution >= 4 is 18.0 Å². The summed E-state index contributed by atoms with van der Waals surface area (Å²) in [4.78, 5) is 40.4. The number of aryl methyl sites for hydroxylation is 1. The zero-order chi connectivity index (χ0) is 24.1. The molecule has 0 saturated carbocycles. The Morgan fingerprint density at radius 2 is 1.74 bits per heavy atom. The predicted molar refractivity (Wildman–Crippen MR) is 124 cm³/mol. The van der Waals surface area contributed by atoms with Crippen molar-refractivity contribution in [2.75, 3.05) is 13.2 Å². The summed E-state index contributed by atoms with van der Waals surface area (Å²) in [5, 5.41) is 14.3. The minimum absolute atomic E-state index is 0.0706.